The van der Waals surface area contributed by atoms with Crippen LogP contribution in [0, 0.1) is 11.8 Å². The van der Waals surface area contributed by atoms with E-state index in [1.807, 2.05) is 0 Å². The molecule has 0 saturated heterocycles. The van der Waals surface area contributed by atoms with E-state index in [2.05, 4.69) is 79.4 Å². The molecule has 168 valence electrons. The highest BCUT2D eigenvalue weighted by atomic mass is 15.1. The van der Waals surface area contributed by atoms with Crippen LogP contribution in [0.1, 0.15) is 109 Å². The Morgan fingerprint density at radius 2 is 1.40 bits per heavy atom. The van der Waals surface area contributed by atoms with E-state index in [1.54, 1.807) is 0 Å². The lowest BCUT2D eigenvalue weighted by molar-refractivity contribution is -0.735. The Morgan fingerprint density at radius 3 is 1.93 bits per heavy atom. The number of benzene rings is 1. The number of imidazole rings is 1. The number of unbranched alkanes of at least 4 members (excludes halogenated alkanes) is 10. The van der Waals surface area contributed by atoms with Crippen LogP contribution in [0.25, 0.3) is 0 Å². The topological polar surface area (TPSA) is 19.7 Å². The quantitative estimate of drug-likeness (QED) is 0.201. The predicted octanol–water partition coefficient (Wildman–Crippen LogP) is 8.06. The van der Waals surface area contributed by atoms with Crippen LogP contribution in [0.5, 0.6) is 0 Å². The van der Waals surface area contributed by atoms with Crippen molar-refractivity contribution in [2.24, 2.45) is 11.8 Å². The summed E-state index contributed by atoms with van der Waals surface area (Å²) in [7, 11) is 0. The number of aromatic nitrogens is 2. The fourth-order valence-electron chi connectivity index (χ4n) is 5.00. The molecule has 2 nitrogen and oxygen atoms in total. The van der Waals surface area contributed by atoms with Gasteiger partial charge in [-0.2, -0.15) is 0 Å². The zero-order valence-corrected chi connectivity index (χ0v) is 20.0. The maximum Gasteiger partial charge on any atom is 0.241 e. The maximum atomic E-state index is 3.26. The standard InChI is InChI=1S/C28H46N2/c1-4-5-6-7-8-9-10-11-12-13-17-20-27(23-26-18-15-14-16-19-26)28(25(2)3)30-22-21-29-24-30/h14-16,18-19,21-22,24-25,27-28H,4-13,17,20,23H2,1-3H3/p+1. The minimum atomic E-state index is 0.555. The van der Waals surface area contributed by atoms with Crippen molar-refractivity contribution >= 4 is 0 Å². The molecule has 0 aliphatic heterocycles. The average Bonchev–Trinajstić information content (AvgIpc) is 3.26. The van der Waals surface area contributed by atoms with Gasteiger partial charge in [0.1, 0.15) is 18.4 Å². The Balaban J connectivity index is 1.76. The molecule has 2 heteroatoms. The largest absolute Gasteiger partial charge is 0.250 e. The second-order valence-corrected chi connectivity index (χ2v) is 9.57. The lowest BCUT2D eigenvalue weighted by Gasteiger charge is -2.28. The first kappa shape index (κ1) is 24.7. The molecule has 2 atom stereocenters. The molecule has 0 bridgehead atoms. The molecule has 2 rings (SSSR count). The summed E-state index contributed by atoms with van der Waals surface area (Å²) in [5, 5.41) is 0. The van der Waals surface area contributed by atoms with Crippen LogP contribution in [0.2, 0.25) is 0 Å². The van der Waals surface area contributed by atoms with E-state index in [1.165, 1.54) is 89.0 Å². The SMILES string of the molecule is CCCCCCCCCCCCCC(Cc1ccccc1)C(C(C)C)[n+]1cc[nH]c1. The average molecular weight is 412 g/mol. The van der Waals surface area contributed by atoms with E-state index in [9.17, 15) is 0 Å². The molecule has 1 aromatic carbocycles. The number of aromatic amines is 1. The Labute approximate surface area is 186 Å². The summed E-state index contributed by atoms with van der Waals surface area (Å²) in [5.41, 5.74) is 1.48. The van der Waals surface area contributed by atoms with Gasteiger partial charge in [0, 0.05) is 5.92 Å². The molecule has 2 aromatic rings. The van der Waals surface area contributed by atoms with E-state index in [0.29, 0.717) is 17.9 Å². The van der Waals surface area contributed by atoms with Gasteiger partial charge in [0.05, 0.1) is 0 Å². The van der Waals surface area contributed by atoms with Crippen LogP contribution < -0.4 is 4.57 Å². The predicted molar refractivity (Wildman–Crippen MR) is 130 cm³/mol. The minimum absolute atomic E-state index is 0.555. The summed E-state index contributed by atoms with van der Waals surface area (Å²) in [6.45, 7) is 7.05. The van der Waals surface area contributed by atoms with Crippen molar-refractivity contribution in [2.75, 3.05) is 0 Å². The van der Waals surface area contributed by atoms with Crippen LogP contribution in [0.4, 0.5) is 0 Å². The number of nitrogens with one attached hydrogen (secondary N) is 1. The van der Waals surface area contributed by atoms with Gasteiger partial charge < -0.3 is 0 Å². The third-order valence-electron chi connectivity index (χ3n) is 6.60. The van der Waals surface area contributed by atoms with E-state index >= 15 is 0 Å². The normalized spacial score (nSPS) is 13.6. The molecule has 1 N–H and O–H groups in total. The minimum Gasteiger partial charge on any atom is -0.250 e. The van der Waals surface area contributed by atoms with E-state index in [4.69, 9.17) is 0 Å². The molecule has 0 fully saturated rings. The van der Waals surface area contributed by atoms with E-state index in [-0.39, 0.29) is 0 Å². The highest BCUT2D eigenvalue weighted by Crippen LogP contribution is 2.29. The zero-order chi connectivity index (χ0) is 21.4. The van der Waals surface area contributed by atoms with Gasteiger partial charge >= 0.3 is 0 Å². The van der Waals surface area contributed by atoms with Crippen molar-refractivity contribution in [3.8, 4) is 0 Å². The summed E-state index contributed by atoms with van der Waals surface area (Å²) in [4.78, 5) is 3.26. The molecule has 0 radical (unpaired) electrons. The lowest BCUT2D eigenvalue weighted by Crippen LogP contribution is -2.45. The van der Waals surface area contributed by atoms with Crippen molar-refractivity contribution in [1.29, 1.82) is 0 Å². The second-order valence-electron chi connectivity index (χ2n) is 9.57. The first-order valence-electron chi connectivity index (χ1n) is 12.8. The molecule has 30 heavy (non-hydrogen) atoms. The van der Waals surface area contributed by atoms with Gasteiger partial charge in [-0.25, -0.2) is 4.57 Å². The van der Waals surface area contributed by atoms with Gasteiger partial charge in [0.25, 0.3) is 0 Å². The smallest absolute Gasteiger partial charge is 0.241 e. The van der Waals surface area contributed by atoms with E-state index < -0.39 is 0 Å². The summed E-state index contributed by atoms with van der Waals surface area (Å²) in [5.74, 6) is 1.32. The Hall–Kier alpha value is -1.57. The highest BCUT2D eigenvalue weighted by molar-refractivity contribution is 5.15. The van der Waals surface area contributed by atoms with Gasteiger partial charge in [-0.15, -0.1) is 0 Å². The van der Waals surface area contributed by atoms with Gasteiger partial charge in [-0.3, -0.25) is 4.98 Å². The molecule has 0 aliphatic carbocycles. The molecular weight excluding hydrogens is 364 g/mol. The summed E-state index contributed by atoms with van der Waals surface area (Å²) < 4.78 is 2.41. The highest BCUT2D eigenvalue weighted by Gasteiger charge is 2.29. The van der Waals surface area contributed by atoms with Crippen LogP contribution in [0.15, 0.2) is 49.1 Å². The Kier molecular flexibility index (Phi) is 12.6. The number of H-pyrrole nitrogens is 1. The van der Waals surface area contributed by atoms with Gasteiger partial charge in [0.15, 0.2) is 0 Å². The number of hydrogen-bond acceptors (Lipinski definition) is 0. The van der Waals surface area contributed by atoms with Crippen LogP contribution >= 0.6 is 0 Å². The molecule has 0 aliphatic rings. The van der Waals surface area contributed by atoms with Gasteiger partial charge in [0.2, 0.25) is 6.33 Å². The third kappa shape index (κ3) is 9.49. The molecular formula is C28H47N2+. The maximum absolute atomic E-state index is 3.26. The Morgan fingerprint density at radius 1 is 0.800 bits per heavy atom. The van der Waals surface area contributed by atoms with Crippen molar-refractivity contribution in [3.63, 3.8) is 0 Å². The molecule has 0 spiro atoms. The van der Waals surface area contributed by atoms with Crippen LogP contribution in [-0.2, 0) is 6.42 Å². The Bertz CT molecular complexity index is 617. The molecule has 1 aromatic heterocycles. The van der Waals surface area contributed by atoms with Crippen molar-refractivity contribution in [1.82, 2.24) is 4.98 Å². The van der Waals surface area contributed by atoms with Crippen LogP contribution in [-0.4, -0.2) is 4.98 Å². The third-order valence-corrected chi connectivity index (χ3v) is 6.60. The number of nitrogens with zero attached hydrogens (tertiary/aromatic N) is 1. The molecule has 0 saturated carbocycles. The first-order valence-corrected chi connectivity index (χ1v) is 12.8. The fourth-order valence-corrected chi connectivity index (χ4v) is 5.00. The zero-order valence-electron chi connectivity index (χ0n) is 20.0. The summed E-state index contributed by atoms with van der Waals surface area (Å²) in [6, 6.07) is 11.6. The van der Waals surface area contributed by atoms with Gasteiger partial charge in [-0.05, 0) is 24.3 Å². The second kappa shape index (κ2) is 15.3. The van der Waals surface area contributed by atoms with Crippen molar-refractivity contribution in [3.05, 3.63) is 54.6 Å². The van der Waals surface area contributed by atoms with E-state index in [0.717, 1.165) is 0 Å². The number of rotatable bonds is 17. The molecule has 1 heterocycles. The van der Waals surface area contributed by atoms with Crippen molar-refractivity contribution < 1.29 is 4.57 Å². The monoisotopic (exact) mass is 411 g/mol. The number of hydrogen-bond donors (Lipinski definition) is 1. The van der Waals surface area contributed by atoms with Crippen molar-refractivity contribution in [2.45, 2.75) is 110 Å². The summed E-state index contributed by atoms with van der Waals surface area (Å²) >= 11 is 0. The molecule has 0 amide bonds. The van der Waals surface area contributed by atoms with Crippen LogP contribution in [0.3, 0.4) is 0 Å². The van der Waals surface area contributed by atoms with Gasteiger partial charge in [-0.1, -0.05) is 122 Å². The fraction of sp³-hybridized carbons (Fsp3) is 0.679. The first-order chi connectivity index (χ1) is 14.7. The molecule has 2 unspecified atom stereocenters. The summed E-state index contributed by atoms with van der Waals surface area (Å²) in [6.07, 6.45) is 24.5. The lowest BCUT2D eigenvalue weighted by atomic mass is 9.82.